The standard InChI is InChI=1S/C17H17IO2/c1-13(15-7-9-16(18)10-8-15)11-17(19)20-12-14-5-3-2-4-6-14/h2-10,13H,11-12H2,1H3/t13-/m1/s1. The maximum Gasteiger partial charge on any atom is 0.306 e. The molecule has 0 unspecified atom stereocenters. The van der Waals surface area contributed by atoms with Gasteiger partial charge in [0.2, 0.25) is 0 Å². The third-order valence-corrected chi connectivity index (χ3v) is 3.87. The number of hydrogen-bond donors (Lipinski definition) is 0. The Labute approximate surface area is 133 Å². The molecule has 0 spiro atoms. The van der Waals surface area contributed by atoms with Crippen LogP contribution in [0, 0.1) is 3.57 Å². The molecule has 1 atom stereocenters. The van der Waals surface area contributed by atoms with Crippen LogP contribution < -0.4 is 0 Å². The van der Waals surface area contributed by atoms with E-state index in [2.05, 4.69) is 46.9 Å². The highest BCUT2D eigenvalue weighted by atomic mass is 127. The Hall–Kier alpha value is -1.36. The van der Waals surface area contributed by atoms with Gasteiger partial charge in [-0.05, 0) is 51.8 Å². The van der Waals surface area contributed by atoms with Crippen molar-refractivity contribution in [2.45, 2.75) is 25.9 Å². The fraction of sp³-hybridized carbons (Fsp3) is 0.235. The molecule has 0 saturated heterocycles. The number of hydrogen-bond acceptors (Lipinski definition) is 2. The monoisotopic (exact) mass is 380 g/mol. The molecular formula is C17H17IO2. The minimum atomic E-state index is -0.153. The van der Waals surface area contributed by atoms with Gasteiger partial charge in [0.15, 0.2) is 0 Å². The second kappa shape index (κ2) is 7.43. The number of rotatable bonds is 5. The zero-order chi connectivity index (χ0) is 14.4. The van der Waals surface area contributed by atoms with Gasteiger partial charge in [-0.25, -0.2) is 0 Å². The van der Waals surface area contributed by atoms with Crippen molar-refractivity contribution in [3.63, 3.8) is 0 Å². The molecule has 2 aromatic rings. The average Bonchev–Trinajstić information content (AvgIpc) is 2.47. The third-order valence-electron chi connectivity index (χ3n) is 3.15. The smallest absolute Gasteiger partial charge is 0.306 e. The van der Waals surface area contributed by atoms with Crippen LogP contribution in [0.4, 0.5) is 0 Å². The Morgan fingerprint density at radius 3 is 2.40 bits per heavy atom. The maximum absolute atomic E-state index is 11.8. The first kappa shape index (κ1) is 15.0. The fourth-order valence-corrected chi connectivity index (χ4v) is 2.32. The summed E-state index contributed by atoms with van der Waals surface area (Å²) in [5.74, 6) is 0.0233. The summed E-state index contributed by atoms with van der Waals surface area (Å²) in [5.41, 5.74) is 2.19. The molecule has 0 aliphatic carbocycles. The van der Waals surface area contributed by atoms with Crippen LogP contribution in [0.15, 0.2) is 54.6 Å². The molecule has 0 heterocycles. The highest BCUT2D eigenvalue weighted by Gasteiger charge is 2.12. The number of halogens is 1. The molecule has 3 heteroatoms. The second-order valence-electron chi connectivity index (χ2n) is 4.80. The number of ether oxygens (including phenoxy) is 1. The van der Waals surface area contributed by atoms with E-state index in [4.69, 9.17) is 4.74 Å². The molecule has 0 fully saturated rings. The van der Waals surface area contributed by atoms with Crippen molar-refractivity contribution in [3.8, 4) is 0 Å². The van der Waals surface area contributed by atoms with Crippen LogP contribution in [0.2, 0.25) is 0 Å². The molecule has 2 rings (SSSR count). The van der Waals surface area contributed by atoms with Crippen LogP contribution in [-0.2, 0) is 16.1 Å². The lowest BCUT2D eigenvalue weighted by Crippen LogP contribution is -2.08. The molecule has 104 valence electrons. The summed E-state index contributed by atoms with van der Waals surface area (Å²) in [7, 11) is 0. The second-order valence-corrected chi connectivity index (χ2v) is 6.05. The van der Waals surface area contributed by atoms with E-state index in [1.807, 2.05) is 37.3 Å². The highest BCUT2D eigenvalue weighted by molar-refractivity contribution is 14.1. The lowest BCUT2D eigenvalue weighted by atomic mass is 9.98. The van der Waals surface area contributed by atoms with Crippen LogP contribution in [0.3, 0.4) is 0 Å². The van der Waals surface area contributed by atoms with Crippen molar-refractivity contribution in [1.29, 1.82) is 0 Å². The van der Waals surface area contributed by atoms with Gasteiger partial charge >= 0.3 is 5.97 Å². The minimum absolute atomic E-state index is 0.153. The van der Waals surface area contributed by atoms with E-state index < -0.39 is 0 Å². The first-order chi connectivity index (χ1) is 9.65. The van der Waals surface area contributed by atoms with Crippen molar-refractivity contribution in [2.24, 2.45) is 0 Å². The molecule has 0 aliphatic heterocycles. The van der Waals surface area contributed by atoms with Crippen LogP contribution in [0.25, 0.3) is 0 Å². The predicted molar refractivity (Wildman–Crippen MR) is 88.4 cm³/mol. The summed E-state index contributed by atoms with van der Waals surface area (Å²) < 4.78 is 6.50. The van der Waals surface area contributed by atoms with E-state index >= 15 is 0 Å². The van der Waals surface area contributed by atoms with Crippen molar-refractivity contribution in [1.82, 2.24) is 0 Å². The SMILES string of the molecule is C[C@H](CC(=O)OCc1ccccc1)c1ccc(I)cc1. The predicted octanol–water partition coefficient (Wildman–Crippen LogP) is 4.53. The summed E-state index contributed by atoms with van der Waals surface area (Å²) in [6.07, 6.45) is 0.410. The Morgan fingerprint density at radius 1 is 1.10 bits per heavy atom. The third kappa shape index (κ3) is 4.63. The quantitative estimate of drug-likeness (QED) is 0.563. The summed E-state index contributed by atoms with van der Waals surface area (Å²) in [5, 5.41) is 0. The van der Waals surface area contributed by atoms with E-state index in [9.17, 15) is 4.79 Å². The molecule has 0 N–H and O–H groups in total. The Morgan fingerprint density at radius 2 is 1.75 bits per heavy atom. The van der Waals surface area contributed by atoms with Gasteiger partial charge in [0, 0.05) is 3.57 Å². The van der Waals surface area contributed by atoms with Crippen LogP contribution in [0.1, 0.15) is 30.4 Å². The van der Waals surface area contributed by atoms with Gasteiger partial charge in [0.25, 0.3) is 0 Å². The molecule has 20 heavy (non-hydrogen) atoms. The first-order valence-corrected chi connectivity index (χ1v) is 7.68. The van der Waals surface area contributed by atoms with E-state index in [1.165, 1.54) is 9.13 Å². The van der Waals surface area contributed by atoms with Crippen molar-refractivity contribution in [3.05, 3.63) is 69.3 Å². The molecule has 0 aromatic heterocycles. The van der Waals surface area contributed by atoms with Crippen molar-refractivity contribution >= 4 is 28.6 Å². The van der Waals surface area contributed by atoms with Crippen LogP contribution >= 0.6 is 22.6 Å². The first-order valence-electron chi connectivity index (χ1n) is 6.60. The van der Waals surface area contributed by atoms with E-state index in [0.717, 1.165) is 5.56 Å². The zero-order valence-corrected chi connectivity index (χ0v) is 13.5. The van der Waals surface area contributed by atoms with Crippen molar-refractivity contribution < 1.29 is 9.53 Å². The molecule has 0 aliphatic rings. The van der Waals surface area contributed by atoms with Gasteiger partial charge in [-0.1, -0.05) is 49.4 Å². The van der Waals surface area contributed by atoms with E-state index in [-0.39, 0.29) is 11.9 Å². The number of carbonyl (C=O) groups excluding carboxylic acids is 1. The number of esters is 1. The fourth-order valence-electron chi connectivity index (χ4n) is 1.96. The van der Waals surface area contributed by atoms with Gasteiger partial charge in [-0.15, -0.1) is 0 Å². The largest absolute Gasteiger partial charge is 0.461 e. The van der Waals surface area contributed by atoms with Gasteiger partial charge in [0.05, 0.1) is 6.42 Å². The Bertz CT molecular complexity index is 549. The summed E-state index contributed by atoms with van der Waals surface area (Å²) in [6, 6.07) is 18.0. The average molecular weight is 380 g/mol. The number of benzene rings is 2. The molecular weight excluding hydrogens is 363 g/mol. The van der Waals surface area contributed by atoms with Gasteiger partial charge in [-0.2, -0.15) is 0 Å². The maximum atomic E-state index is 11.8. The molecule has 0 saturated carbocycles. The lowest BCUT2D eigenvalue weighted by Gasteiger charge is -2.11. The highest BCUT2D eigenvalue weighted by Crippen LogP contribution is 2.20. The Kier molecular flexibility index (Phi) is 5.59. The Balaban J connectivity index is 1.83. The molecule has 0 bridgehead atoms. The molecule has 0 amide bonds. The molecule has 0 radical (unpaired) electrons. The van der Waals surface area contributed by atoms with Crippen LogP contribution in [0.5, 0.6) is 0 Å². The van der Waals surface area contributed by atoms with Gasteiger partial charge < -0.3 is 4.74 Å². The van der Waals surface area contributed by atoms with E-state index in [0.29, 0.717) is 13.0 Å². The van der Waals surface area contributed by atoms with E-state index in [1.54, 1.807) is 0 Å². The summed E-state index contributed by atoms with van der Waals surface area (Å²) in [6.45, 7) is 2.39. The normalized spacial score (nSPS) is 11.9. The summed E-state index contributed by atoms with van der Waals surface area (Å²) in [4.78, 5) is 11.8. The molecule has 2 nitrogen and oxygen atoms in total. The van der Waals surface area contributed by atoms with Crippen LogP contribution in [-0.4, -0.2) is 5.97 Å². The zero-order valence-electron chi connectivity index (χ0n) is 11.4. The van der Waals surface area contributed by atoms with Gasteiger partial charge in [0.1, 0.15) is 6.61 Å². The van der Waals surface area contributed by atoms with Gasteiger partial charge in [-0.3, -0.25) is 4.79 Å². The minimum Gasteiger partial charge on any atom is -0.461 e. The lowest BCUT2D eigenvalue weighted by molar-refractivity contribution is -0.145. The van der Waals surface area contributed by atoms with Crippen molar-refractivity contribution in [2.75, 3.05) is 0 Å². The summed E-state index contributed by atoms with van der Waals surface area (Å²) >= 11 is 2.27. The topological polar surface area (TPSA) is 26.3 Å². The number of carbonyl (C=O) groups is 1. The molecule has 2 aromatic carbocycles.